The number of halogens is 1. The molecule has 1 nitrogen and oxygen atoms in total. The second-order valence-corrected chi connectivity index (χ2v) is 6.25. The molecule has 1 aromatic carbocycles. The summed E-state index contributed by atoms with van der Waals surface area (Å²) in [7, 11) is 0. The lowest BCUT2D eigenvalue weighted by Gasteiger charge is -2.35. The first-order valence-electron chi connectivity index (χ1n) is 7.45. The molecule has 106 valence electrons. The molecule has 0 N–H and O–H groups in total. The molecule has 1 heterocycles. The first-order valence-corrected chi connectivity index (χ1v) is 8.17. The molecule has 1 saturated carbocycles. The van der Waals surface area contributed by atoms with Gasteiger partial charge in [0.1, 0.15) is 0 Å². The monoisotopic (exact) mass is 289 g/mol. The molecule has 1 aliphatic heterocycles. The molecule has 3 heteroatoms. The summed E-state index contributed by atoms with van der Waals surface area (Å²) in [5.41, 5.74) is 3.88. The van der Waals surface area contributed by atoms with Gasteiger partial charge in [0.2, 0.25) is 0 Å². The van der Waals surface area contributed by atoms with E-state index in [1.807, 2.05) is 18.2 Å². The van der Waals surface area contributed by atoms with E-state index in [0.717, 1.165) is 13.0 Å². The number of aliphatic imine (C=N–C) groups is 1. The van der Waals surface area contributed by atoms with E-state index < -0.39 is 0 Å². The Balaban J connectivity index is 1.96. The Morgan fingerprint density at radius 3 is 2.90 bits per heavy atom. The van der Waals surface area contributed by atoms with Gasteiger partial charge < -0.3 is 0 Å². The van der Waals surface area contributed by atoms with E-state index in [9.17, 15) is 3.89 Å². The zero-order valence-electron chi connectivity index (χ0n) is 11.8. The molecule has 1 aliphatic carbocycles. The van der Waals surface area contributed by atoms with E-state index in [-0.39, 0.29) is 0 Å². The standard InChI is InChI=1S/C17H20FNS/c1-2-12-9-10-19-17(12)16(13-5-3-6-13)14-7-4-8-15(11-14)20-18/h4,7-9,11,13,16H,2-3,5-6,10H2,1H3. The Bertz CT molecular complexity index is 546. The predicted molar refractivity (Wildman–Crippen MR) is 84.2 cm³/mol. The Morgan fingerprint density at radius 2 is 2.25 bits per heavy atom. The van der Waals surface area contributed by atoms with Crippen LogP contribution in [0.5, 0.6) is 0 Å². The van der Waals surface area contributed by atoms with E-state index in [4.69, 9.17) is 4.99 Å². The number of hydrogen-bond donors (Lipinski definition) is 0. The second kappa shape index (κ2) is 6.13. The van der Waals surface area contributed by atoms with Crippen molar-refractivity contribution in [3.8, 4) is 0 Å². The van der Waals surface area contributed by atoms with E-state index >= 15 is 0 Å². The van der Waals surface area contributed by atoms with Gasteiger partial charge in [-0.25, -0.2) is 0 Å². The van der Waals surface area contributed by atoms with Crippen molar-refractivity contribution in [1.29, 1.82) is 0 Å². The summed E-state index contributed by atoms with van der Waals surface area (Å²) in [6.45, 7) is 3.01. The van der Waals surface area contributed by atoms with Crippen LogP contribution in [0.15, 0.2) is 45.8 Å². The van der Waals surface area contributed by atoms with Gasteiger partial charge in [-0.05, 0) is 48.4 Å². The van der Waals surface area contributed by atoms with Crippen LogP contribution in [0.25, 0.3) is 0 Å². The van der Waals surface area contributed by atoms with Crippen molar-refractivity contribution < 1.29 is 3.89 Å². The van der Waals surface area contributed by atoms with E-state index in [2.05, 4.69) is 19.1 Å². The zero-order chi connectivity index (χ0) is 13.9. The lowest BCUT2D eigenvalue weighted by molar-refractivity contribution is 0.298. The van der Waals surface area contributed by atoms with Crippen LogP contribution in [0, 0.1) is 5.92 Å². The highest BCUT2D eigenvalue weighted by atomic mass is 32.2. The van der Waals surface area contributed by atoms with Crippen LogP contribution in [0.2, 0.25) is 0 Å². The molecular weight excluding hydrogens is 269 g/mol. The van der Waals surface area contributed by atoms with Crippen LogP contribution in [-0.4, -0.2) is 12.3 Å². The summed E-state index contributed by atoms with van der Waals surface area (Å²) >= 11 is 0.332. The van der Waals surface area contributed by atoms with Crippen molar-refractivity contribution in [1.82, 2.24) is 0 Å². The van der Waals surface area contributed by atoms with Crippen molar-refractivity contribution in [3.63, 3.8) is 0 Å². The molecule has 20 heavy (non-hydrogen) atoms. The minimum absolute atomic E-state index is 0.332. The minimum Gasteiger partial charge on any atom is -0.285 e. The number of hydrogen-bond acceptors (Lipinski definition) is 2. The Labute approximate surface area is 124 Å². The largest absolute Gasteiger partial charge is 0.285 e. The molecule has 2 aliphatic rings. The van der Waals surface area contributed by atoms with Gasteiger partial charge in [0.05, 0.1) is 18.7 Å². The summed E-state index contributed by atoms with van der Waals surface area (Å²) in [6, 6.07) is 7.94. The van der Waals surface area contributed by atoms with Gasteiger partial charge in [0, 0.05) is 16.5 Å². The zero-order valence-corrected chi connectivity index (χ0v) is 12.6. The molecule has 0 saturated heterocycles. The van der Waals surface area contributed by atoms with Crippen molar-refractivity contribution in [2.45, 2.75) is 43.4 Å². The van der Waals surface area contributed by atoms with Crippen LogP contribution in [0.1, 0.15) is 44.1 Å². The molecule has 0 spiro atoms. The molecule has 1 fully saturated rings. The number of benzene rings is 1. The average molecular weight is 289 g/mol. The maximum Gasteiger partial charge on any atom is 0.0812 e. The quantitative estimate of drug-likeness (QED) is 0.713. The first-order chi connectivity index (χ1) is 9.83. The van der Waals surface area contributed by atoms with Crippen LogP contribution in [0.4, 0.5) is 3.89 Å². The normalized spacial score (nSPS) is 20.3. The fraction of sp³-hybridized carbons (Fsp3) is 0.471. The fourth-order valence-electron chi connectivity index (χ4n) is 3.27. The SMILES string of the molecule is CCC1=CCN=C1C(c1cccc(SF)c1)C1CCC1. The third kappa shape index (κ3) is 2.56. The topological polar surface area (TPSA) is 12.4 Å². The summed E-state index contributed by atoms with van der Waals surface area (Å²) in [4.78, 5) is 5.45. The van der Waals surface area contributed by atoms with Gasteiger partial charge in [0.25, 0.3) is 0 Å². The summed E-state index contributed by atoms with van der Waals surface area (Å²) < 4.78 is 12.9. The average Bonchev–Trinajstić information content (AvgIpc) is 2.90. The highest BCUT2D eigenvalue weighted by molar-refractivity contribution is 7.94. The number of nitrogens with zero attached hydrogens (tertiary/aromatic N) is 1. The molecule has 1 atom stereocenters. The van der Waals surface area contributed by atoms with Crippen LogP contribution < -0.4 is 0 Å². The Morgan fingerprint density at radius 1 is 1.40 bits per heavy atom. The van der Waals surface area contributed by atoms with Gasteiger partial charge in [-0.15, -0.1) is 0 Å². The van der Waals surface area contributed by atoms with Gasteiger partial charge >= 0.3 is 0 Å². The van der Waals surface area contributed by atoms with Gasteiger partial charge in [0.15, 0.2) is 0 Å². The third-order valence-electron chi connectivity index (χ3n) is 4.53. The molecule has 1 unspecified atom stereocenters. The molecule has 0 bridgehead atoms. The minimum atomic E-state index is 0.332. The second-order valence-electron chi connectivity index (χ2n) is 5.63. The number of allylic oxidation sites excluding steroid dienone is 1. The highest BCUT2D eigenvalue weighted by Crippen LogP contribution is 2.43. The molecule has 1 aromatic rings. The fourth-order valence-corrected chi connectivity index (χ4v) is 3.58. The first kappa shape index (κ1) is 13.9. The summed E-state index contributed by atoms with van der Waals surface area (Å²) in [5, 5.41) is 0. The van der Waals surface area contributed by atoms with Crippen molar-refractivity contribution in [2.24, 2.45) is 10.9 Å². The predicted octanol–water partition coefficient (Wildman–Crippen LogP) is 5.34. The lowest BCUT2D eigenvalue weighted by Crippen LogP contribution is -2.27. The van der Waals surface area contributed by atoms with E-state index in [1.54, 1.807) is 0 Å². The highest BCUT2D eigenvalue weighted by Gasteiger charge is 2.34. The summed E-state index contributed by atoms with van der Waals surface area (Å²) in [5.74, 6) is 1.05. The molecule has 0 radical (unpaired) electrons. The van der Waals surface area contributed by atoms with E-state index in [0.29, 0.717) is 28.9 Å². The van der Waals surface area contributed by atoms with Crippen molar-refractivity contribution >= 4 is 17.9 Å². The maximum absolute atomic E-state index is 12.9. The number of rotatable bonds is 5. The van der Waals surface area contributed by atoms with Crippen LogP contribution in [0.3, 0.4) is 0 Å². The van der Waals surface area contributed by atoms with Gasteiger partial charge in [-0.3, -0.25) is 4.99 Å². The summed E-state index contributed by atoms with van der Waals surface area (Å²) in [6.07, 6.45) is 7.15. The smallest absolute Gasteiger partial charge is 0.0812 e. The van der Waals surface area contributed by atoms with Crippen molar-refractivity contribution in [2.75, 3.05) is 6.54 Å². The van der Waals surface area contributed by atoms with Crippen LogP contribution >= 0.6 is 12.1 Å². The molecule has 0 amide bonds. The maximum atomic E-state index is 12.9. The molecular formula is C17H20FNS. The van der Waals surface area contributed by atoms with Gasteiger partial charge in [-0.2, -0.15) is 3.89 Å². The molecule has 3 rings (SSSR count). The molecule has 0 aromatic heterocycles. The third-order valence-corrected chi connectivity index (χ3v) is 4.96. The van der Waals surface area contributed by atoms with Crippen LogP contribution in [-0.2, 0) is 0 Å². The van der Waals surface area contributed by atoms with Crippen molar-refractivity contribution in [3.05, 3.63) is 41.5 Å². The van der Waals surface area contributed by atoms with E-state index in [1.165, 1.54) is 36.1 Å². The Kier molecular flexibility index (Phi) is 4.25. The Hall–Kier alpha value is -1.09. The van der Waals surface area contributed by atoms with Gasteiger partial charge in [-0.1, -0.05) is 31.6 Å². The lowest BCUT2D eigenvalue weighted by atomic mass is 9.70.